The highest BCUT2D eigenvalue weighted by molar-refractivity contribution is 7.07. The molecule has 0 amide bonds. The van der Waals surface area contributed by atoms with Crippen LogP contribution in [0.1, 0.15) is 11.4 Å². The van der Waals surface area contributed by atoms with E-state index in [2.05, 4.69) is 15.0 Å². The molecular formula is C11H6ClF3N4S. The highest BCUT2D eigenvalue weighted by Crippen LogP contribution is 2.29. The summed E-state index contributed by atoms with van der Waals surface area (Å²) in [6.07, 6.45) is -3.24. The van der Waals surface area contributed by atoms with Crippen LogP contribution in [0.4, 0.5) is 13.2 Å². The van der Waals surface area contributed by atoms with Gasteiger partial charge in [0.1, 0.15) is 5.52 Å². The molecule has 3 aromatic rings. The minimum absolute atomic E-state index is 0.0727. The molecule has 0 fully saturated rings. The highest BCUT2D eigenvalue weighted by atomic mass is 35.5. The van der Waals surface area contributed by atoms with Crippen LogP contribution >= 0.6 is 22.9 Å². The third-order valence-corrected chi connectivity index (χ3v) is 3.60. The van der Waals surface area contributed by atoms with E-state index in [1.165, 1.54) is 22.2 Å². The van der Waals surface area contributed by atoms with Crippen molar-refractivity contribution in [1.29, 1.82) is 0 Å². The van der Waals surface area contributed by atoms with Crippen molar-refractivity contribution in [2.45, 2.75) is 12.7 Å². The molecule has 0 aliphatic carbocycles. The van der Waals surface area contributed by atoms with Crippen LogP contribution in [0.25, 0.3) is 11.2 Å². The highest BCUT2D eigenvalue weighted by Gasteiger charge is 2.36. The molecule has 0 saturated carbocycles. The molecule has 3 heterocycles. The predicted molar refractivity (Wildman–Crippen MR) is 68.8 cm³/mol. The smallest absolute Gasteiger partial charge is 0.311 e. The lowest BCUT2D eigenvalue weighted by Gasteiger charge is -2.06. The topological polar surface area (TPSA) is 43.6 Å². The molecule has 0 unspecified atom stereocenters. The second-order valence-electron chi connectivity index (χ2n) is 4.01. The van der Waals surface area contributed by atoms with E-state index in [9.17, 15) is 13.2 Å². The van der Waals surface area contributed by atoms with E-state index in [0.717, 1.165) is 5.56 Å². The van der Waals surface area contributed by atoms with Gasteiger partial charge in [-0.1, -0.05) is 11.6 Å². The van der Waals surface area contributed by atoms with Gasteiger partial charge in [0.2, 0.25) is 5.82 Å². The van der Waals surface area contributed by atoms with E-state index in [0.29, 0.717) is 6.54 Å². The van der Waals surface area contributed by atoms with Gasteiger partial charge in [-0.3, -0.25) is 0 Å². The van der Waals surface area contributed by atoms with Crippen LogP contribution in [-0.4, -0.2) is 19.5 Å². The van der Waals surface area contributed by atoms with E-state index in [1.807, 2.05) is 16.8 Å². The third kappa shape index (κ3) is 2.36. The molecule has 4 nitrogen and oxygen atoms in total. The normalized spacial score (nSPS) is 12.2. The number of thiophene rings is 1. The van der Waals surface area contributed by atoms with Crippen LogP contribution in [0.5, 0.6) is 0 Å². The van der Waals surface area contributed by atoms with Gasteiger partial charge in [0.05, 0.1) is 12.9 Å². The van der Waals surface area contributed by atoms with Crippen LogP contribution in [0.3, 0.4) is 0 Å². The summed E-state index contributed by atoms with van der Waals surface area (Å²) in [7, 11) is 0. The van der Waals surface area contributed by atoms with Gasteiger partial charge in [0.25, 0.3) is 0 Å². The Balaban J connectivity index is 2.12. The average molecular weight is 319 g/mol. The monoisotopic (exact) mass is 318 g/mol. The third-order valence-electron chi connectivity index (χ3n) is 2.61. The van der Waals surface area contributed by atoms with Crippen molar-refractivity contribution in [3.05, 3.63) is 39.7 Å². The summed E-state index contributed by atoms with van der Waals surface area (Å²) >= 11 is 7.24. The quantitative estimate of drug-likeness (QED) is 0.678. The van der Waals surface area contributed by atoms with Crippen LogP contribution in [-0.2, 0) is 12.7 Å². The van der Waals surface area contributed by atoms with Gasteiger partial charge in [-0.2, -0.15) is 24.5 Å². The molecule has 3 aromatic heterocycles. The zero-order valence-corrected chi connectivity index (χ0v) is 11.3. The average Bonchev–Trinajstić information content (AvgIpc) is 2.99. The van der Waals surface area contributed by atoms with E-state index < -0.39 is 12.0 Å². The first-order chi connectivity index (χ1) is 9.45. The molecule has 0 aliphatic rings. The van der Waals surface area contributed by atoms with Crippen molar-refractivity contribution < 1.29 is 13.2 Å². The fourth-order valence-electron chi connectivity index (χ4n) is 1.73. The summed E-state index contributed by atoms with van der Waals surface area (Å²) in [5.74, 6) is -1.26. The van der Waals surface area contributed by atoms with Crippen LogP contribution in [0, 0.1) is 0 Å². The van der Waals surface area contributed by atoms with Crippen molar-refractivity contribution in [3.63, 3.8) is 0 Å². The van der Waals surface area contributed by atoms with Crippen molar-refractivity contribution in [1.82, 2.24) is 19.5 Å². The minimum atomic E-state index is -4.64. The molecule has 0 aliphatic heterocycles. The Hall–Kier alpha value is -1.67. The summed E-state index contributed by atoms with van der Waals surface area (Å²) in [6.45, 7) is 0.380. The van der Waals surface area contributed by atoms with Crippen molar-refractivity contribution in [2.75, 3.05) is 0 Å². The van der Waals surface area contributed by atoms with Crippen LogP contribution in [0.2, 0.25) is 5.15 Å². The molecule has 3 rings (SSSR count). The molecular weight excluding hydrogens is 313 g/mol. The number of hydrogen-bond acceptors (Lipinski definition) is 4. The Labute approximate surface area is 119 Å². The minimum Gasteiger partial charge on any atom is -0.311 e. The maximum absolute atomic E-state index is 12.7. The fraction of sp³-hybridized carbons (Fsp3) is 0.182. The number of hydrogen-bond donors (Lipinski definition) is 0. The lowest BCUT2D eigenvalue weighted by atomic mass is 10.3. The number of alkyl halides is 3. The molecule has 9 heteroatoms. The SMILES string of the molecule is FC(F)(F)c1nc(Cl)c2ncn(Cc3ccsc3)c2n1. The lowest BCUT2D eigenvalue weighted by molar-refractivity contribution is -0.144. The van der Waals surface area contributed by atoms with E-state index in [-0.39, 0.29) is 16.3 Å². The zero-order chi connectivity index (χ0) is 14.3. The molecule has 0 saturated heterocycles. The largest absolute Gasteiger partial charge is 0.451 e. The van der Waals surface area contributed by atoms with Gasteiger partial charge in [-0.25, -0.2) is 15.0 Å². The number of halogens is 4. The van der Waals surface area contributed by atoms with E-state index in [4.69, 9.17) is 11.6 Å². The summed E-state index contributed by atoms with van der Waals surface area (Å²) < 4.78 is 39.6. The van der Waals surface area contributed by atoms with Gasteiger partial charge >= 0.3 is 6.18 Å². The zero-order valence-electron chi connectivity index (χ0n) is 9.73. The summed E-state index contributed by atoms with van der Waals surface area (Å²) in [5, 5.41) is 3.49. The van der Waals surface area contributed by atoms with Crippen LogP contribution in [0.15, 0.2) is 23.2 Å². The first-order valence-electron chi connectivity index (χ1n) is 5.42. The van der Waals surface area contributed by atoms with Gasteiger partial charge in [0, 0.05) is 0 Å². The number of nitrogens with zero attached hydrogens (tertiary/aromatic N) is 4. The Kier molecular flexibility index (Phi) is 3.14. The maximum Gasteiger partial charge on any atom is 0.451 e. The Bertz CT molecular complexity index is 751. The van der Waals surface area contributed by atoms with Crippen molar-refractivity contribution in [3.8, 4) is 0 Å². The summed E-state index contributed by atoms with van der Waals surface area (Å²) in [4.78, 5) is 10.7. The van der Waals surface area contributed by atoms with Gasteiger partial charge < -0.3 is 4.57 Å². The van der Waals surface area contributed by atoms with Crippen molar-refractivity contribution in [2.24, 2.45) is 0 Å². The van der Waals surface area contributed by atoms with Gasteiger partial charge in [0.15, 0.2) is 10.8 Å². The molecule has 0 bridgehead atoms. The second-order valence-corrected chi connectivity index (χ2v) is 5.15. The van der Waals surface area contributed by atoms with Crippen LogP contribution < -0.4 is 0 Å². The Morgan fingerprint density at radius 1 is 1.30 bits per heavy atom. The van der Waals surface area contributed by atoms with E-state index in [1.54, 1.807) is 0 Å². The standard InChI is InChI=1S/C11H6ClF3N4S/c12-8-7-9(18-10(17-8)11(13,14)15)19(5-16-7)3-6-1-2-20-4-6/h1-2,4-5H,3H2. The number of fused-ring (bicyclic) bond motifs is 1. The second kappa shape index (κ2) is 4.71. The Morgan fingerprint density at radius 2 is 2.10 bits per heavy atom. The molecule has 0 atom stereocenters. The lowest BCUT2D eigenvalue weighted by Crippen LogP contribution is -2.12. The predicted octanol–water partition coefficient (Wildman–Crippen LogP) is 3.61. The number of aromatic nitrogens is 4. The van der Waals surface area contributed by atoms with Gasteiger partial charge in [-0.05, 0) is 22.4 Å². The van der Waals surface area contributed by atoms with Crippen molar-refractivity contribution >= 4 is 34.1 Å². The molecule has 0 spiro atoms. The van der Waals surface area contributed by atoms with Gasteiger partial charge in [-0.15, -0.1) is 0 Å². The maximum atomic E-state index is 12.7. The molecule has 104 valence electrons. The molecule has 0 aromatic carbocycles. The first kappa shape index (κ1) is 13.3. The Morgan fingerprint density at radius 3 is 2.75 bits per heavy atom. The first-order valence-corrected chi connectivity index (χ1v) is 6.74. The molecule has 0 radical (unpaired) electrons. The summed E-state index contributed by atoms with van der Waals surface area (Å²) in [5.41, 5.74) is 1.19. The number of rotatable bonds is 2. The fourth-order valence-corrected chi connectivity index (χ4v) is 2.60. The molecule has 20 heavy (non-hydrogen) atoms. The molecule has 0 N–H and O–H groups in total. The number of imidazole rings is 1. The summed E-state index contributed by atoms with van der Waals surface area (Å²) in [6, 6.07) is 1.88. The van der Waals surface area contributed by atoms with E-state index >= 15 is 0 Å².